The van der Waals surface area contributed by atoms with Crippen molar-refractivity contribution in [1.82, 2.24) is 9.80 Å². The van der Waals surface area contributed by atoms with E-state index in [-0.39, 0.29) is 11.8 Å². The quantitative estimate of drug-likeness (QED) is 0.478. The Kier molecular flexibility index (Phi) is 8.04. The largest absolute Gasteiger partial charge is 0.301 e. The lowest BCUT2D eigenvalue weighted by Crippen LogP contribution is -2.52. The second-order valence-corrected chi connectivity index (χ2v) is 8.07. The van der Waals surface area contributed by atoms with Crippen LogP contribution in [-0.4, -0.2) is 54.3 Å². The second-order valence-electron chi connectivity index (χ2n) is 6.36. The molecule has 0 spiro atoms. The molecule has 0 radical (unpaired) electrons. The van der Waals surface area contributed by atoms with Crippen LogP contribution in [0.4, 0.5) is 0 Å². The van der Waals surface area contributed by atoms with Gasteiger partial charge in [0.1, 0.15) is 0 Å². The fourth-order valence-electron chi connectivity index (χ4n) is 3.25. The van der Waals surface area contributed by atoms with Crippen LogP contribution < -0.4 is 0 Å². The third-order valence-electron chi connectivity index (χ3n) is 4.61. The number of thiophene rings is 1. The summed E-state index contributed by atoms with van der Waals surface area (Å²) in [5.74, 6) is 0.253. The minimum absolute atomic E-state index is 0.0208. The number of ketones is 1. The molecule has 2 rings (SSSR count). The van der Waals surface area contributed by atoms with Crippen molar-refractivity contribution in [3.63, 3.8) is 0 Å². The zero-order valence-corrected chi connectivity index (χ0v) is 16.0. The van der Waals surface area contributed by atoms with Crippen molar-refractivity contribution < 1.29 is 4.79 Å². The van der Waals surface area contributed by atoms with Gasteiger partial charge in [-0.15, -0.1) is 11.3 Å². The Morgan fingerprint density at radius 1 is 1.17 bits per heavy atom. The van der Waals surface area contributed by atoms with Gasteiger partial charge in [-0.2, -0.15) is 0 Å². The maximum Gasteiger partial charge on any atom is 0.189 e. The first kappa shape index (κ1) is 18.9. The summed E-state index contributed by atoms with van der Waals surface area (Å²) in [5.41, 5.74) is 0. The molecule has 0 aliphatic carbocycles. The molecule has 1 aliphatic heterocycles. The van der Waals surface area contributed by atoms with E-state index in [1.54, 1.807) is 0 Å². The fraction of sp³-hybridized carbons (Fsp3) is 0.722. The second kappa shape index (κ2) is 9.77. The predicted molar refractivity (Wildman–Crippen MR) is 99.9 cm³/mol. The molecule has 0 saturated carbocycles. The summed E-state index contributed by atoms with van der Waals surface area (Å²) in [6.45, 7) is 9.78. The normalized spacial score (nSPS) is 18.2. The van der Waals surface area contributed by atoms with Gasteiger partial charge >= 0.3 is 0 Å². The number of rotatable bonds is 9. The SMILES string of the molecule is CCCCCN1CCN(C(CCC)C(=O)c2ccc(Cl)s2)CC1. The van der Waals surface area contributed by atoms with Gasteiger partial charge in [0.2, 0.25) is 0 Å². The van der Waals surface area contributed by atoms with Gasteiger partial charge in [0.25, 0.3) is 0 Å². The number of unbranched alkanes of at least 4 members (excludes halogenated alkanes) is 2. The summed E-state index contributed by atoms with van der Waals surface area (Å²) in [4.78, 5) is 18.6. The van der Waals surface area contributed by atoms with E-state index in [0.29, 0.717) is 4.34 Å². The van der Waals surface area contributed by atoms with Crippen LogP contribution in [-0.2, 0) is 0 Å². The van der Waals surface area contributed by atoms with E-state index < -0.39 is 0 Å². The summed E-state index contributed by atoms with van der Waals surface area (Å²) in [5, 5.41) is 0. The van der Waals surface area contributed by atoms with Crippen LogP contribution in [0, 0.1) is 0 Å². The van der Waals surface area contributed by atoms with Crippen LogP contribution in [0.15, 0.2) is 12.1 Å². The Bertz CT molecular complexity index is 483. The lowest BCUT2D eigenvalue weighted by molar-refractivity contribution is 0.0646. The lowest BCUT2D eigenvalue weighted by atomic mass is 10.0. The Morgan fingerprint density at radius 2 is 1.91 bits per heavy atom. The first-order valence-electron chi connectivity index (χ1n) is 8.91. The van der Waals surface area contributed by atoms with Crippen LogP contribution >= 0.6 is 22.9 Å². The minimum Gasteiger partial charge on any atom is -0.301 e. The summed E-state index contributed by atoms with van der Waals surface area (Å²) in [6.07, 6.45) is 5.85. The molecule has 5 heteroatoms. The number of carbonyl (C=O) groups excluding carboxylic acids is 1. The van der Waals surface area contributed by atoms with Gasteiger partial charge < -0.3 is 4.90 Å². The van der Waals surface area contributed by atoms with E-state index in [9.17, 15) is 4.79 Å². The smallest absolute Gasteiger partial charge is 0.189 e. The van der Waals surface area contributed by atoms with Crippen molar-refractivity contribution in [3.8, 4) is 0 Å². The molecule has 130 valence electrons. The van der Waals surface area contributed by atoms with E-state index in [1.165, 1.54) is 37.1 Å². The summed E-state index contributed by atoms with van der Waals surface area (Å²) in [6, 6.07) is 3.72. The van der Waals surface area contributed by atoms with Crippen molar-refractivity contribution >= 4 is 28.7 Å². The monoisotopic (exact) mass is 356 g/mol. The summed E-state index contributed by atoms with van der Waals surface area (Å²) in [7, 11) is 0. The highest BCUT2D eigenvalue weighted by atomic mass is 35.5. The van der Waals surface area contributed by atoms with E-state index in [4.69, 9.17) is 11.6 Å². The molecule has 1 unspecified atom stereocenters. The third kappa shape index (κ3) is 5.56. The number of hydrogen-bond donors (Lipinski definition) is 0. The van der Waals surface area contributed by atoms with Crippen LogP contribution in [0.3, 0.4) is 0 Å². The average Bonchev–Trinajstić information content (AvgIpc) is 3.00. The van der Waals surface area contributed by atoms with Crippen LogP contribution in [0.5, 0.6) is 0 Å². The topological polar surface area (TPSA) is 23.6 Å². The molecule has 23 heavy (non-hydrogen) atoms. The van der Waals surface area contributed by atoms with Crippen LogP contribution in [0.1, 0.15) is 55.6 Å². The number of piperazine rings is 1. The predicted octanol–water partition coefficient (Wildman–Crippen LogP) is 4.56. The fourth-order valence-corrected chi connectivity index (χ4v) is 4.28. The average molecular weight is 357 g/mol. The molecule has 2 heterocycles. The number of Topliss-reactive ketones (excluding diaryl/α,β-unsaturated/α-hetero) is 1. The summed E-state index contributed by atoms with van der Waals surface area (Å²) < 4.78 is 0.698. The maximum absolute atomic E-state index is 12.8. The van der Waals surface area contributed by atoms with Crippen molar-refractivity contribution in [1.29, 1.82) is 0 Å². The molecule has 0 bridgehead atoms. The van der Waals surface area contributed by atoms with Gasteiger partial charge in [-0.05, 0) is 31.5 Å². The zero-order valence-electron chi connectivity index (χ0n) is 14.4. The standard InChI is InChI=1S/C18H29ClN2OS/c1-3-5-6-10-20-11-13-21(14-12-20)15(7-4-2)18(22)16-8-9-17(19)23-16/h8-9,15H,3-7,10-14H2,1-2H3. The highest BCUT2D eigenvalue weighted by Gasteiger charge is 2.29. The zero-order chi connectivity index (χ0) is 16.7. The first-order valence-corrected chi connectivity index (χ1v) is 10.1. The molecule has 0 amide bonds. The minimum atomic E-state index is 0.0208. The highest BCUT2D eigenvalue weighted by Crippen LogP contribution is 2.25. The number of hydrogen-bond acceptors (Lipinski definition) is 4. The molecule has 1 aromatic heterocycles. The van der Waals surface area contributed by atoms with E-state index >= 15 is 0 Å². The lowest BCUT2D eigenvalue weighted by Gasteiger charge is -2.38. The van der Waals surface area contributed by atoms with Crippen LogP contribution in [0.2, 0.25) is 4.34 Å². The van der Waals surface area contributed by atoms with Crippen molar-refractivity contribution in [2.24, 2.45) is 0 Å². The molecule has 1 aromatic rings. The number of carbonyl (C=O) groups is 1. The molecule has 1 aliphatic rings. The van der Waals surface area contributed by atoms with Gasteiger partial charge in [-0.1, -0.05) is 44.7 Å². The molecule has 1 fully saturated rings. The Labute approximate surface area is 149 Å². The maximum atomic E-state index is 12.8. The van der Waals surface area contributed by atoms with Crippen molar-refractivity contribution in [2.45, 2.75) is 52.0 Å². The van der Waals surface area contributed by atoms with Gasteiger partial charge in [0, 0.05) is 26.2 Å². The highest BCUT2D eigenvalue weighted by molar-refractivity contribution is 7.18. The molecule has 1 saturated heterocycles. The number of halogens is 1. The van der Waals surface area contributed by atoms with E-state index in [0.717, 1.165) is 43.9 Å². The third-order valence-corrected chi connectivity index (χ3v) is 5.85. The molecule has 0 N–H and O–H groups in total. The van der Waals surface area contributed by atoms with Gasteiger partial charge in [-0.25, -0.2) is 0 Å². The number of nitrogens with zero attached hydrogens (tertiary/aromatic N) is 2. The van der Waals surface area contributed by atoms with Gasteiger partial charge in [0.05, 0.1) is 15.3 Å². The summed E-state index contributed by atoms with van der Waals surface area (Å²) >= 11 is 7.40. The Morgan fingerprint density at radius 3 is 2.48 bits per heavy atom. The van der Waals surface area contributed by atoms with Gasteiger partial charge in [0.15, 0.2) is 5.78 Å². The molecular formula is C18H29ClN2OS. The molecule has 0 aromatic carbocycles. The molecule has 3 nitrogen and oxygen atoms in total. The molecular weight excluding hydrogens is 328 g/mol. The van der Waals surface area contributed by atoms with Crippen molar-refractivity contribution in [3.05, 3.63) is 21.3 Å². The molecule has 1 atom stereocenters. The van der Waals surface area contributed by atoms with Crippen LogP contribution in [0.25, 0.3) is 0 Å². The Balaban J connectivity index is 1.90. The van der Waals surface area contributed by atoms with Gasteiger partial charge in [-0.3, -0.25) is 9.69 Å². The first-order chi connectivity index (χ1) is 11.2. The Hall–Kier alpha value is -0.420. The van der Waals surface area contributed by atoms with E-state index in [1.807, 2.05) is 12.1 Å². The van der Waals surface area contributed by atoms with E-state index in [2.05, 4.69) is 23.6 Å². The van der Waals surface area contributed by atoms with Crippen molar-refractivity contribution in [2.75, 3.05) is 32.7 Å².